The summed E-state index contributed by atoms with van der Waals surface area (Å²) in [5.41, 5.74) is 5.53. The topological polar surface area (TPSA) is 55.1 Å². The first-order valence-corrected chi connectivity index (χ1v) is 4.90. The van der Waals surface area contributed by atoms with E-state index in [0.29, 0.717) is 6.42 Å². The van der Waals surface area contributed by atoms with Crippen LogP contribution in [0.2, 0.25) is 0 Å². The van der Waals surface area contributed by atoms with Crippen LogP contribution in [-0.2, 0) is 0 Å². The minimum atomic E-state index is -0.610. The highest BCUT2D eigenvalue weighted by Gasteiger charge is 2.11. The Morgan fingerprint density at radius 1 is 1.69 bits per heavy atom. The number of carbonyl (C=O) groups excluding carboxylic acids is 1. The van der Waals surface area contributed by atoms with Gasteiger partial charge in [-0.15, -0.1) is 6.42 Å². The number of carbonyl (C=O) groups is 1. The van der Waals surface area contributed by atoms with Gasteiger partial charge in [-0.05, 0) is 24.6 Å². The molecule has 0 bridgehead atoms. The fourth-order valence-corrected chi connectivity index (χ4v) is 1.17. The summed E-state index contributed by atoms with van der Waals surface area (Å²) >= 11 is 0. The molecule has 1 aromatic rings. The first-order chi connectivity index (χ1) is 7.58. The van der Waals surface area contributed by atoms with Crippen molar-refractivity contribution in [2.45, 2.75) is 19.4 Å². The van der Waals surface area contributed by atoms with E-state index in [1.54, 1.807) is 0 Å². The lowest BCUT2D eigenvalue weighted by Gasteiger charge is -2.10. The summed E-state index contributed by atoms with van der Waals surface area (Å²) in [5, 5.41) is 2.60. The number of amides is 1. The van der Waals surface area contributed by atoms with Crippen LogP contribution >= 0.6 is 0 Å². The van der Waals surface area contributed by atoms with Crippen LogP contribution in [0.4, 0.5) is 10.1 Å². The van der Waals surface area contributed by atoms with Crippen molar-refractivity contribution < 1.29 is 9.18 Å². The molecule has 0 spiro atoms. The van der Waals surface area contributed by atoms with E-state index in [9.17, 15) is 9.18 Å². The van der Waals surface area contributed by atoms with Gasteiger partial charge in [-0.25, -0.2) is 4.39 Å². The van der Waals surface area contributed by atoms with E-state index < -0.39 is 11.7 Å². The Hall–Kier alpha value is -2.02. The Morgan fingerprint density at radius 2 is 2.38 bits per heavy atom. The predicted molar refractivity (Wildman–Crippen MR) is 61.2 cm³/mol. The molecule has 1 unspecified atom stereocenters. The van der Waals surface area contributed by atoms with E-state index in [1.807, 2.05) is 6.92 Å². The summed E-state index contributed by atoms with van der Waals surface area (Å²) < 4.78 is 13.1. The minimum Gasteiger partial charge on any atom is -0.396 e. The van der Waals surface area contributed by atoms with Gasteiger partial charge in [0.05, 0.1) is 11.7 Å². The number of terminal acetylenes is 1. The highest BCUT2D eigenvalue weighted by Crippen LogP contribution is 2.12. The quantitative estimate of drug-likeness (QED) is 0.599. The maximum Gasteiger partial charge on any atom is 0.252 e. The van der Waals surface area contributed by atoms with Crippen LogP contribution in [0.1, 0.15) is 23.7 Å². The van der Waals surface area contributed by atoms with E-state index >= 15 is 0 Å². The molecular weight excluding hydrogens is 207 g/mol. The van der Waals surface area contributed by atoms with Gasteiger partial charge >= 0.3 is 0 Å². The van der Waals surface area contributed by atoms with Gasteiger partial charge in [-0.2, -0.15) is 0 Å². The molecule has 3 nitrogen and oxygen atoms in total. The molecule has 0 aliphatic rings. The zero-order valence-corrected chi connectivity index (χ0v) is 8.96. The first kappa shape index (κ1) is 12.1. The lowest BCUT2D eigenvalue weighted by molar-refractivity contribution is 0.0944. The van der Waals surface area contributed by atoms with E-state index in [4.69, 9.17) is 12.2 Å². The van der Waals surface area contributed by atoms with Crippen molar-refractivity contribution in [3.8, 4) is 12.3 Å². The van der Waals surface area contributed by atoms with Crippen molar-refractivity contribution in [2.75, 3.05) is 5.73 Å². The number of nitrogen functional groups attached to an aromatic ring is 1. The molecule has 0 aromatic heterocycles. The molecule has 1 aromatic carbocycles. The highest BCUT2D eigenvalue weighted by molar-refractivity contribution is 5.94. The molecule has 0 aliphatic heterocycles. The normalized spacial score (nSPS) is 11.6. The molecule has 0 heterocycles. The Kier molecular flexibility index (Phi) is 3.90. The maximum absolute atomic E-state index is 13.1. The van der Waals surface area contributed by atoms with Crippen LogP contribution in [0.15, 0.2) is 18.2 Å². The van der Waals surface area contributed by atoms with Gasteiger partial charge < -0.3 is 11.1 Å². The van der Waals surface area contributed by atoms with Crippen LogP contribution in [0.25, 0.3) is 0 Å². The summed E-state index contributed by atoms with van der Waals surface area (Å²) in [4.78, 5) is 11.6. The second kappa shape index (κ2) is 5.17. The van der Waals surface area contributed by atoms with Crippen molar-refractivity contribution in [1.82, 2.24) is 5.32 Å². The lowest BCUT2D eigenvalue weighted by atomic mass is 10.1. The third-order valence-electron chi connectivity index (χ3n) is 2.18. The Morgan fingerprint density at radius 3 is 2.88 bits per heavy atom. The second-order valence-electron chi connectivity index (χ2n) is 3.34. The highest BCUT2D eigenvalue weighted by atomic mass is 19.1. The van der Waals surface area contributed by atoms with Gasteiger partial charge in [0, 0.05) is 5.56 Å². The number of anilines is 1. The Labute approximate surface area is 93.8 Å². The maximum atomic E-state index is 13.1. The largest absolute Gasteiger partial charge is 0.396 e. The standard InChI is InChI=1S/C12H13FN2O/c1-3-9(4-2)15-12(16)8-5-6-11(14)10(13)7-8/h1,5-7,9H,4,14H2,2H3,(H,15,16). The molecule has 0 fully saturated rings. The average Bonchev–Trinajstić information content (AvgIpc) is 2.29. The number of hydrogen-bond donors (Lipinski definition) is 2. The predicted octanol–water partition coefficient (Wildman–Crippen LogP) is 1.55. The second-order valence-corrected chi connectivity index (χ2v) is 3.34. The molecule has 1 atom stereocenters. The first-order valence-electron chi connectivity index (χ1n) is 4.90. The Balaban J connectivity index is 2.81. The lowest BCUT2D eigenvalue weighted by Crippen LogP contribution is -2.33. The molecular formula is C12H13FN2O. The molecule has 0 saturated carbocycles. The van der Waals surface area contributed by atoms with Crippen LogP contribution in [0, 0.1) is 18.2 Å². The molecule has 0 saturated heterocycles. The minimum absolute atomic E-state index is 0.0144. The van der Waals surface area contributed by atoms with E-state index in [-0.39, 0.29) is 17.3 Å². The van der Waals surface area contributed by atoms with Gasteiger partial charge in [-0.1, -0.05) is 12.8 Å². The third kappa shape index (κ3) is 2.74. The van der Waals surface area contributed by atoms with E-state index in [2.05, 4.69) is 11.2 Å². The Bertz CT molecular complexity index is 437. The van der Waals surface area contributed by atoms with Crippen molar-refractivity contribution >= 4 is 11.6 Å². The molecule has 1 rings (SSSR count). The number of benzene rings is 1. The smallest absolute Gasteiger partial charge is 0.252 e. The summed E-state index contributed by atoms with van der Waals surface area (Å²) in [6.07, 6.45) is 5.83. The fraction of sp³-hybridized carbons (Fsp3) is 0.250. The van der Waals surface area contributed by atoms with Crippen molar-refractivity contribution in [1.29, 1.82) is 0 Å². The van der Waals surface area contributed by atoms with Gasteiger partial charge in [0.15, 0.2) is 0 Å². The van der Waals surface area contributed by atoms with Crippen LogP contribution in [-0.4, -0.2) is 11.9 Å². The summed E-state index contributed by atoms with van der Waals surface area (Å²) in [5.74, 6) is 1.42. The zero-order chi connectivity index (χ0) is 12.1. The number of nitrogens with two attached hydrogens (primary N) is 1. The molecule has 1 amide bonds. The van der Waals surface area contributed by atoms with Gasteiger partial charge in [0.25, 0.3) is 5.91 Å². The van der Waals surface area contributed by atoms with E-state index in [0.717, 1.165) is 6.07 Å². The molecule has 4 heteroatoms. The van der Waals surface area contributed by atoms with Gasteiger partial charge in [0.1, 0.15) is 5.82 Å². The molecule has 84 valence electrons. The molecule has 0 aliphatic carbocycles. The van der Waals surface area contributed by atoms with E-state index in [1.165, 1.54) is 12.1 Å². The van der Waals surface area contributed by atoms with Crippen molar-refractivity contribution in [3.05, 3.63) is 29.6 Å². The average molecular weight is 220 g/mol. The number of nitrogens with one attached hydrogen (secondary N) is 1. The monoisotopic (exact) mass is 220 g/mol. The van der Waals surface area contributed by atoms with Crippen LogP contribution in [0.3, 0.4) is 0 Å². The molecule has 16 heavy (non-hydrogen) atoms. The third-order valence-corrected chi connectivity index (χ3v) is 2.18. The SMILES string of the molecule is C#CC(CC)NC(=O)c1ccc(N)c(F)c1. The number of halogens is 1. The van der Waals surface area contributed by atoms with Crippen molar-refractivity contribution in [3.63, 3.8) is 0 Å². The summed E-state index contributed by atoms with van der Waals surface area (Å²) in [6, 6.07) is 3.56. The van der Waals surface area contributed by atoms with Crippen LogP contribution < -0.4 is 11.1 Å². The van der Waals surface area contributed by atoms with Crippen molar-refractivity contribution in [2.24, 2.45) is 0 Å². The number of hydrogen-bond acceptors (Lipinski definition) is 2. The van der Waals surface area contributed by atoms with Crippen LogP contribution in [0.5, 0.6) is 0 Å². The summed E-state index contributed by atoms with van der Waals surface area (Å²) in [7, 11) is 0. The van der Waals surface area contributed by atoms with Gasteiger partial charge in [-0.3, -0.25) is 4.79 Å². The summed E-state index contributed by atoms with van der Waals surface area (Å²) in [6.45, 7) is 1.86. The van der Waals surface area contributed by atoms with Gasteiger partial charge in [0.2, 0.25) is 0 Å². The molecule has 3 N–H and O–H groups in total. The zero-order valence-electron chi connectivity index (χ0n) is 8.96. The number of rotatable bonds is 3. The fourth-order valence-electron chi connectivity index (χ4n) is 1.17. The molecule has 0 radical (unpaired) electrons.